The van der Waals surface area contributed by atoms with E-state index in [9.17, 15) is 0 Å². The van der Waals surface area contributed by atoms with E-state index in [0.29, 0.717) is 0 Å². The van der Waals surface area contributed by atoms with Gasteiger partial charge in [0, 0.05) is 7.05 Å². The summed E-state index contributed by atoms with van der Waals surface area (Å²) in [4.78, 5) is 0. The van der Waals surface area contributed by atoms with Gasteiger partial charge in [-0.15, -0.1) is 0 Å². The molecule has 0 saturated carbocycles. The molecule has 0 amide bonds. The molecule has 0 aromatic rings. The summed E-state index contributed by atoms with van der Waals surface area (Å²) in [6.45, 7) is 3.07. The van der Waals surface area contributed by atoms with Gasteiger partial charge in [-0.3, -0.25) is 5.43 Å². The molecule has 0 aromatic carbocycles. The molecule has 60 valence electrons. The van der Waals surface area contributed by atoms with E-state index in [-0.39, 0.29) is 0 Å². The maximum Gasteiger partial charge on any atom is 0.0620 e. The van der Waals surface area contributed by atoms with Crippen molar-refractivity contribution < 1.29 is 0 Å². The Balaban J connectivity index is 2.83. The molecule has 0 rings (SSSR count). The number of hydrogen-bond acceptors (Lipinski definition) is 2. The fourth-order valence-corrected chi connectivity index (χ4v) is 0.730. The monoisotopic (exact) mass is 143 g/mol. The van der Waals surface area contributed by atoms with Gasteiger partial charge in [-0.25, -0.2) is 0 Å². The Hall–Kier alpha value is -0.600. The van der Waals surface area contributed by atoms with Gasteiger partial charge in [-0.05, 0) is 6.42 Å². The summed E-state index contributed by atoms with van der Waals surface area (Å²) in [5.41, 5.74) is 2.62. The molecule has 0 fully saturated rings. The molecule has 3 nitrogen and oxygen atoms in total. The van der Waals surface area contributed by atoms with E-state index in [1.54, 1.807) is 7.05 Å². The van der Waals surface area contributed by atoms with Gasteiger partial charge in [0.1, 0.15) is 0 Å². The molecule has 0 aromatic heterocycles. The lowest BCUT2D eigenvalue weighted by Gasteiger charge is -1.92. The van der Waals surface area contributed by atoms with Crippen LogP contribution in [0.25, 0.3) is 0 Å². The summed E-state index contributed by atoms with van der Waals surface area (Å²) >= 11 is 0. The van der Waals surface area contributed by atoms with Crippen LogP contribution in [0.5, 0.6) is 0 Å². The van der Waals surface area contributed by atoms with Crippen LogP contribution >= 0.6 is 0 Å². The second-order valence-corrected chi connectivity index (χ2v) is 2.25. The molecule has 0 unspecified atom stereocenters. The minimum Gasteiger partial charge on any atom is -0.295 e. The molecule has 0 radical (unpaired) electrons. The Kier molecular flexibility index (Phi) is 7.90. The third-order valence-corrected chi connectivity index (χ3v) is 1.28. The van der Waals surface area contributed by atoms with Gasteiger partial charge >= 0.3 is 0 Å². The Morgan fingerprint density at radius 1 is 1.20 bits per heavy atom. The summed E-state index contributed by atoms with van der Waals surface area (Å²) in [6.07, 6.45) is 5.04. The predicted octanol–water partition coefficient (Wildman–Crippen LogP) is 2.15. The van der Waals surface area contributed by atoms with Crippen LogP contribution in [-0.4, -0.2) is 13.6 Å². The SMILES string of the molecule is CCCCCCN=NNC. The molecule has 0 aliphatic rings. The van der Waals surface area contributed by atoms with Crippen molar-refractivity contribution in [2.75, 3.05) is 13.6 Å². The van der Waals surface area contributed by atoms with Crippen molar-refractivity contribution in [2.24, 2.45) is 10.3 Å². The maximum absolute atomic E-state index is 3.88. The molecule has 1 N–H and O–H groups in total. The highest BCUT2D eigenvalue weighted by Gasteiger charge is 1.83. The lowest BCUT2D eigenvalue weighted by Crippen LogP contribution is -1.91. The Morgan fingerprint density at radius 2 is 2.00 bits per heavy atom. The summed E-state index contributed by atoms with van der Waals surface area (Å²) in [7, 11) is 1.76. The van der Waals surface area contributed by atoms with Gasteiger partial charge < -0.3 is 0 Å². The normalized spacial score (nSPS) is 10.6. The van der Waals surface area contributed by atoms with Crippen molar-refractivity contribution in [1.29, 1.82) is 0 Å². The summed E-state index contributed by atoms with van der Waals surface area (Å²) < 4.78 is 0. The maximum atomic E-state index is 3.88. The van der Waals surface area contributed by atoms with Gasteiger partial charge in [0.05, 0.1) is 6.54 Å². The van der Waals surface area contributed by atoms with Crippen LogP contribution in [0, 0.1) is 0 Å². The number of unbranched alkanes of at least 4 members (excludes halogenated alkanes) is 3. The lowest BCUT2D eigenvalue weighted by atomic mass is 10.2. The van der Waals surface area contributed by atoms with E-state index in [1.165, 1.54) is 25.7 Å². The highest BCUT2D eigenvalue weighted by molar-refractivity contribution is 4.41. The first-order valence-corrected chi connectivity index (χ1v) is 3.95. The first kappa shape index (κ1) is 9.40. The zero-order valence-electron chi connectivity index (χ0n) is 6.93. The van der Waals surface area contributed by atoms with E-state index >= 15 is 0 Å². The largest absolute Gasteiger partial charge is 0.295 e. The quantitative estimate of drug-likeness (QED) is 0.345. The zero-order valence-corrected chi connectivity index (χ0v) is 6.93. The second kappa shape index (κ2) is 8.40. The van der Waals surface area contributed by atoms with Crippen LogP contribution < -0.4 is 5.43 Å². The van der Waals surface area contributed by atoms with Crippen LogP contribution in [0.4, 0.5) is 0 Å². The van der Waals surface area contributed by atoms with Crippen molar-refractivity contribution >= 4 is 0 Å². The number of nitrogens with zero attached hydrogens (tertiary/aromatic N) is 2. The standard InChI is InChI=1S/C7H17N3/c1-3-4-5-6-7-9-10-8-2/h3-7H2,1-2H3,(H,8,9). The van der Waals surface area contributed by atoms with Gasteiger partial charge in [0.15, 0.2) is 0 Å². The smallest absolute Gasteiger partial charge is 0.0620 e. The third-order valence-electron chi connectivity index (χ3n) is 1.28. The highest BCUT2D eigenvalue weighted by atomic mass is 15.4. The molecule has 0 atom stereocenters. The average Bonchev–Trinajstić information content (AvgIpc) is 1.97. The van der Waals surface area contributed by atoms with Crippen molar-refractivity contribution in [3.8, 4) is 0 Å². The fraction of sp³-hybridized carbons (Fsp3) is 1.00. The minimum absolute atomic E-state index is 0.862. The van der Waals surface area contributed by atoms with Crippen LogP contribution in [0.1, 0.15) is 32.6 Å². The molecule has 3 heteroatoms. The van der Waals surface area contributed by atoms with Gasteiger partial charge in [0.25, 0.3) is 0 Å². The Morgan fingerprint density at radius 3 is 2.60 bits per heavy atom. The van der Waals surface area contributed by atoms with Crippen molar-refractivity contribution in [3.63, 3.8) is 0 Å². The molecular formula is C7H17N3. The molecule has 0 spiro atoms. The Labute approximate surface area is 62.9 Å². The van der Waals surface area contributed by atoms with Crippen LogP contribution in [0.2, 0.25) is 0 Å². The van der Waals surface area contributed by atoms with E-state index in [4.69, 9.17) is 0 Å². The minimum atomic E-state index is 0.862. The van der Waals surface area contributed by atoms with Crippen LogP contribution in [0.3, 0.4) is 0 Å². The predicted molar refractivity (Wildman–Crippen MR) is 42.9 cm³/mol. The summed E-state index contributed by atoms with van der Waals surface area (Å²) in [5, 5.41) is 7.52. The number of nitrogens with one attached hydrogen (secondary N) is 1. The third kappa shape index (κ3) is 7.40. The molecule has 0 heterocycles. The van der Waals surface area contributed by atoms with E-state index in [0.717, 1.165) is 6.54 Å². The first-order chi connectivity index (χ1) is 4.91. The first-order valence-electron chi connectivity index (χ1n) is 3.95. The number of rotatable bonds is 6. The van der Waals surface area contributed by atoms with Crippen molar-refractivity contribution in [2.45, 2.75) is 32.6 Å². The molecule has 10 heavy (non-hydrogen) atoms. The average molecular weight is 143 g/mol. The van der Waals surface area contributed by atoms with Crippen LogP contribution in [-0.2, 0) is 0 Å². The summed E-state index contributed by atoms with van der Waals surface area (Å²) in [6, 6.07) is 0. The lowest BCUT2D eigenvalue weighted by molar-refractivity contribution is 0.648. The fourth-order valence-electron chi connectivity index (χ4n) is 0.730. The van der Waals surface area contributed by atoms with Gasteiger partial charge in [-0.2, -0.15) is 5.11 Å². The number of hydrogen-bond donors (Lipinski definition) is 1. The van der Waals surface area contributed by atoms with Gasteiger partial charge in [-0.1, -0.05) is 31.4 Å². The molecule has 0 aliphatic carbocycles. The molecular weight excluding hydrogens is 126 g/mol. The van der Waals surface area contributed by atoms with E-state index in [2.05, 4.69) is 22.7 Å². The topological polar surface area (TPSA) is 36.8 Å². The summed E-state index contributed by atoms with van der Waals surface area (Å²) in [5.74, 6) is 0. The van der Waals surface area contributed by atoms with E-state index < -0.39 is 0 Å². The highest BCUT2D eigenvalue weighted by Crippen LogP contribution is 1.98. The van der Waals surface area contributed by atoms with Gasteiger partial charge in [0.2, 0.25) is 0 Å². The second-order valence-electron chi connectivity index (χ2n) is 2.25. The Bertz CT molecular complexity index is 80.9. The van der Waals surface area contributed by atoms with Crippen LogP contribution in [0.15, 0.2) is 10.3 Å². The van der Waals surface area contributed by atoms with Crippen molar-refractivity contribution in [1.82, 2.24) is 5.43 Å². The molecule has 0 saturated heterocycles. The van der Waals surface area contributed by atoms with E-state index in [1.807, 2.05) is 0 Å². The van der Waals surface area contributed by atoms with Crippen molar-refractivity contribution in [3.05, 3.63) is 0 Å². The molecule has 0 aliphatic heterocycles. The zero-order chi connectivity index (χ0) is 7.66. The molecule has 0 bridgehead atoms.